The molecule has 1 unspecified atom stereocenters. The van der Waals surface area contributed by atoms with Crippen molar-refractivity contribution >= 4 is 27.9 Å². The van der Waals surface area contributed by atoms with Crippen molar-refractivity contribution in [3.8, 4) is 11.5 Å². The number of ether oxygens (including phenoxy) is 2. The molecule has 0 saturated carbocycles. The zero-order chi connectivity index (χ0) is 12.0. The van der Waals surface area contributed by atoms with Gasteiger partial charge in [-0.2, -0.15) is 0 Å². The van der Waals surface area contributed by atoms with Crippen molar-refractivity contribution in [1.82, 2.24) is 10.6 Å². The van der Waals surface area contributed by atoms with Gasteiger partial charge in [0.2, 0.25) is 6.79 Å². The van der Waals surface area contributed by atoms with Gasteiger partial charge >= 0.3 is 6.03 Å². The van der Waals surface area contributed by atoms with Crippen LogP contribution in [0, 0.1) is 0 Å². The Kier molecular flexibility index (Phi) is 2.22. The number of hydrogen-bond acceptors (Lipinski definition) is 4. The van der Waals surface area contributed by atoms with Gasteiger partial charge in [0.1, 0.15) is 6.04 Å². The molecule has 1 aromatic carbocycles. The van der Waals surface area contributed by atoms with Gasteiger partial charge in [-0.3, -0.25) is 10.1 Å². The largest absolute Gasteiger partial charge is 0.454 e. The van der Waals surface area contributed by atoms with Crippen LogP contribution in [0.15, 0.2) is 16.6 Å². The highest BCUT2D eigenvalue weighted by Gasteiger charge is 2.32. The van der Waals surface area contributed by atoms with Gasteiger partial charge < -0.3 is 14.8 Å². The van der Waals surface area contributed by atoms with Crippen molar-refractivity contribution in [1.29, 1.82) is 0 Å². The average molecular weight is 299 g/mol. The number of urea groups is 1. The number of halogens is 1. The number of hydrogen-bond donors (Lipinski definition) is 2. The van der Waals surface area contributed by atoms with Crippen molar-refractivity contribution in [2.24, 2.45) is 0 Å². The fraction of sp³-hybridized carbons (Fsp3) is 0.200. The average Bonchev–Trinajstić information content (AvgIpc) is 2.84. The van der Waals surface area contributed by atoms with E-state index in [2.05, 4.69) is 26.6 Å². The van der Waals surface area contributed by atoms with Gasteiger partial charge in [-0.15, -0.1) is 0 Å². The van der Waals surface area contributed by atoms with Gasteiger partial charge in [-0.05, 0) is 33.6 Å². The highest BCUT2D eigenvalue weighted by atomic mass is 79.9. The maximum atomic E-state index is 11.5. The molecular formula is C10H7BrN2O4. The van der Waals surface area contributed by atoms with Crippen molar-refractivity contribution in [2.45, 2.75) is 6.04 Å². The van der Waals surface area contributed by atoms with Crippen LogP contribution < -0.4 is 20.1 Å². The molecule has 2 aliphatic heterocycles. The maximum absolute atomic E-state index is 11.5. The molecule has 2 heterocycles. The van der Waals surface area contributed by atoms with E-state index >= 15 is 0 Å². The summed E-state index contributed by atoms with van der Waals surface area (Å²) in [6.07, 6.45) is 0. The molecule has 2 aliphatic rings. The minimum atomic E-state index is -0.687. The molecule has 0 radical (unpaired) electrons. The molecule has 3 amide bonds. The molecule has 88 valence electrons. The topological polar surface area (TPSA) is 76.7 Å². The number of carbonyl (C=O) groups is 2. The van der Waals surface area contributed by atoms with Crippen LogP contribution in [0.25, 0.3) is 0 Å². The molecule has 7 heteroatoms. The number of amides is 3. The fourth-order valence-electron chi connectivity index (χ4n) is 1.81. The van der Waals surface area contributed by atoms with E-state index in [1.165, 1.54) is 0 Å². The Morgan fingerprint density at radius 1 is 1.29 bits per heavy atom. The van der Waals surface area contributed by atoms with Gasteiger partial charge in [0.25, 0.3) is 5.91 Å². The van der Waals surface area contributed by atoms with Gasteiger partial charge in [0.05, 0.1) is 4.47 Å². The summed E-state index contributed by atoms with van der Waals surface area (Å²) >= 11 is 3.33. The molecule has 0 aromatic heterocycles. The van der Waals surface area contributed by atoms with E-state index < -0.39 is 12.1 Å². The molecule has 1 aromatic rings. The zero-order valence-electron chi connectivity index (χ0n) is 8.45. The Hall–Kier alpha value is -1.76. The summed E-state index contributed by atoms with van der Waals surface area (Å²) in [5.74, 6) is 0.794. The SMILES string of the molecule is O=C1NC(=O)C(c2cc(Br)c3c(c2)OCO3)N1. The Balaban J connectivity index is 2.02. The molecule has 3 rings (SSSR count). The van der Waals surface area contributed by atoms with Crippen LogP contribution in [0.4, 0.5) is 4.79 Å². The van der Waals surface area contributed by atoms with Crippen LogP contribution >= 0.6 is 15.9 Å². The van der Waals surface area contributed by atoms with E-state index in [0.29, 0.717) is 21.5 Å². The molecule has 6 nitrogen and oxygen atoms in total. The Morgan fingerprint density at radius 2 is 2.12 bits per heavy atom. The first-order valence-corrected chi connectivity index (χ1v) is 5.65. The number of fused-ring (bicyclic) bond motifs is 1. The summed E-state index contributed by atoms with van der Waals surface area (Å²) in [5, 5.41) is 4.70. The van der Waals surface area contributed by atoms with E-state index in [1.54, 1.807) is 12.1 Å². The first-order valence-electron chi connectivity index (χ1n) is 4.85. The van der Waals surface area contributed by atoms with Crippen LogP contribution in [0.1, 0.15) is 11.6 Å². The number of nitrogens with one attached hydrogen (secondary N) is 2. The molecule has 1 saturated heterocycles. The lowest BCUT2D eigenvalue weighted by Crippen LogP contribution is -2.22. The third-order valence-corrected chi connectivity index (χ3v) is 3.15. The standard InChI is InChI=1S/C10H7BrN2O4/c11-5-1-4(2-6-8(5)17-3-16-6)7-9(14)13-10(15)12-7/h1-2,7H,3H2,(H2,12,13,14,15). The summed E-state index contributed by atoms with van der Waals surface area (Å²) in [5.41, 5.74) is 0.643. The molecule has 0 aliphatic carbocycles. The zero-order valence-corrected chi connectivity index (χ0v) is 10.0. The highest BCUT2D eigenvalue weighted by molar-refractivity contribution is 9.10. The van der Waals surface area contributed by atoms with E-state index in [9.17, 15) is 9.59 Å². The van der Waals surface area contributed by atoms with E-state index in [1.807, 2.05) is 0 Å². The van der Waals surface area contributed by atoms with Crippen LogP contribution in [-0.2, 0) is 4.79 Å². The normalized spacial score (nSPS) is 21.4. The summed E-state index contributed by atoms with van der Waals surface area (Å²) in [6.45, 7) is 0.153. The Morgan fingerprint density at radius 3 is 2.82 bits per heavy atom. The van der Waals surface area contributed by atoms with Gasteiger partial charge in [0, 0.05) is 0 Å². The predicted molar refractivity (Wildman–Crippen MR) is 59.7 cm³/mol. The van der Waals surface area contributed by atoms with Gasteiger partial charge in [-0.25, -0.2) is 4.79 Å². The lowest BCUT2D eigenvalue weighted by molar-refractivity contribution is -0.120. The van der Waals surface area contributed by atoms with E-state index in [4.69, 9.17) is 9.47 Å². The maximum Gasteiger partial charge on any atom is 0.322 e. The number of rotatable bonds is 1. The molecule has 2 N–H and O–H groups in total. The van der Waals surface area contributed by atoms with Crippen molar-refractivity contribution < 1.29 is 19.1 Å². The molecule has 0 spiro atoms. The smallest absolute Gasteiger partial charge is 0.322 e. The third-order valence-electron chi connectivity index (χ3n) is 2.56. The second-order valence-corrected chi connectivity index (χ2v) is 4.49. The molecule has 17 heavy (non-hydrogen) atoms. The summed E-state index contributed by atoms with van der Waals surface area (Å²) < 4.78 is 11.2. The molecule has 1 atom stereocenters. The lowest BCUT2D eigenvalue weighted by atomic mass is 10.1. The number of carbonyl (C=O) groups excluding carboxylic acids is 2. The number of imide groups is 1. The van der Waals surface area contributed by atoms with Crippen LogP contribution in [0.3, 0.4) is 0 Å². The summed E-state index contributed by atoms with van der Waals surface area (Å²) in [6, 6.07) is 2.23. The summed E-state index contributed by atoms with van der Waals surface area (Å²) in [7, 11) is 0. The Bertz CT molecular complexity index is 531. The van der Waals surface area contributed by atoms with Gasteiger partial charge in [-0.1, -0.05) is 0 Å². The van der Waals surface area contributed by atoms with E-state index in [-0.39, 0.29) is 12.7 Å². The van der Waals surface area contributed by atoms with E-state index in [0.717, 1.165) is 0 Å². The quantitative estimate of drug-likeness (QED) is 0.760. The summed E-state index contributed by atoms with van der Waals surface area (Å²) in [4.78, 5) is 22.6. The third kappa shape index (κ3) is 1.62. The van der Waals surface area contributed by atoms with Crippen molar-refractivity contribution in [3.63, 3.8) is 0 Å². The van der Waals surface area contributed by atoms with Gasteiger partial charge in [0.15, 0.2) is 11.5 Å². The van der Waals surface area contributed by atoms with Crippen LogP contribution in [0.5, 0.6) is 11.5 Å². The molecular weight excluding hydrogens is 292 g/mol. The lowest BCUT2D eigenvalue weighted by Gasteiger charge is -2.09. The second kappa shape index (κ2) is 3.63. The number of benzene rings is 1. The predicted octanol–water partition coefficient (Wildman–Crippen LogP) is 1.06. The highest BCUT2D eigenvalue weighted by Crippen LogP contribution is 2.41. The molecule has 0 bridgehead atoms. The van der Waals surface area contributed by atoms with Crippen molar-refractivity contribution in [3.05, 3.63) is 22.2 Å². The minimum Gasteiger partial charge on any atom is -0.454 e. The second-order valence-electron chi connectivity index (χ2n) is 3.63. The minimum absolute atomic E-state index is 0.153. The first-order chi connectivity index (χ1) is 8.15. The van der Waals surface area contributed by atoms with Crippen LogP contribution in [-0.4, -0.2) is 18.7 Å². The Labute approximate surface area is 104 Å². The van der Waals surface area contributed by atoms with Crippen molar-refractivity contribution in [2.75, 3.05) is 6.79 Å². The fourth-order valence-corrected chi connectivity index (χ4v) is 2.38. The monoisotopic (exact) mass is 298 g/mol. The molecule has 1 fully saturated rings. The first kappa shape index (κ1) is 10.4. The van der Waals surface area contributed by atoms with Crippen LogP contribution in [0.2, 0.25) is 0 Å².